The number of nitrogens with one attached hydrogen (secondary N) is 1. The van der Waals surface area contributed by atoms with Crippen LogP contribution in [0.1, 0.15) is 24.2 Å². The standard InChI is InChI=1S/C16H25ClN4O3S/c1-4-21(5-2)25(23,24)15-12-13(6-7-14(15)17)16(22)18-20-10-8-19(3)9-11-20/h6-7,12H,4-5,8-11H2,1-3H3,(H,18,22). The summed E-state index contributed by atoms with van der Waals surface area (Å²) in [5.41, 5.74) is 3.10. The molecule has 0 spiro atoms. The van der Waals surface area contributed by atoms with Gasteiger partial charge in [-0.05, 0) is 25.2 Å². The van der Waals surface area contributed by atoms with E-state index in [0.717, 1.165) is 26.2 Å². The summed E-state index contributed by atoms with van der Waals surface area (Å²) in [4.78, 5) is 14.6. The van der Waals surface area contributed by atoms with E-state index >= 15 is 0 Å². The highest BCUT2D eigenvalue weighted by Gasteiger charge is 2.26. The van der Waals surface area contributed by atoms with Crippen LogP contribution in [0.3, 0.4) is 0 Å². The van der Waals surface area contributed by atoms with Gasteiger partial charge in [0.05, 0.1) is 5.02 Å². The number of carbonyl (C=O) groups is 1. The fourth-order valence-corrected chi connectivity index (χ4v) is 4.63. The molecule has 25 heavy (non-hydrogen) atoms. The zero-order valence-corrected chi connectivity index (χ0v) is 16.4. The molecule has 0 aliphatic carbocycles. The van der Waals surface area contributed by atoms with E-state index < -0.39 is 10.0 Å². The van der Waals surface area contributed by atoms with Crippen molar-refractivity contribution in [1.82, 2.24) is 19.6 Å². The monoisotopic (exact) mass is 388 g/mol. The van der Waals surface area contributed by atoms with Gasteiger partial charge < -0.3 is 4.90 Å². The van der Waals surface area contributed by atoms with Crippen molar-refractivity contribution in [3.05, 3.63) is 28.8 Å². The van der Waals surface area contributed by atoms with Crippen LogP contribution in [0.15, 0.2) is 23.1 Å². The van der Waals surface area contributed by atoms with E-state index in [4.69, 9.17) is 11.6 Å². The topological polar surface area (TPSA) is 73.0 Å². The minimum Gasteiger partial charge on any atom is -0.304 e. The third-order valence-corrected chi connectivity index (χ3v) is 6.81. The van der Waals surface area contributed by atoms with Gasteiger partial charge in [0.1, 0.15) is 4.90 Å². The number of carbonyl (C=O) groups excluding carboxylic acids is 1. The summed E-state index contributed by atoms with van der Waals surface area (Å²) in [6, 6.07) is 4.34. The Hall–Kier alpha value is -1.19. The molecular formula is C16H25ClN4O3S. The third-order valence-electron chi connectivity index (χ3n) is 4.28. The van der Waals surface area contributed by atoms with E-state index in [-0.39, 0.29) is 21.4 Å². The number of amides is 1. The Morgan fingerprint density at radius 3 is 2.36 bits per heavy atom. The van der Waals surface area contributed by atoms with E-state index in [0.29, 0.717) is 13.1 Å². The van der Waals surface area contributed by atoms with Crippen LogP contribution in [-0.2, 0) is 10.0 Å². The number of hydrogen-bond acceptors (Lipinski definition) is 5. The van der Waals surface area contributed by atoms with Gasteiger partial charge in [-0.1, -0.05) is 25.4 Å². The number of benzene rings is 1. The fourth-order valence-electron chi connectivity index (χ4n) is 2.67. The first-order valence-electron chi connectivity index (χ1n) is 8.33. The molecule has 7 nitrogen and oxygen atoms in total. The Labute approximate surface area is 154 Å². The summed E-state index contributed by atoms with van der Waals surface area (Å²) in [5.74, 6) is -0.336. The average Bonchev–Trinajstić information content (AvgIpc) is 2.58. The van der Waals surface area contributed by atoms with Crippen LogP contribution in [0, 0.1) is 0 Å². The number of hydrogen-bond donors (Lipinski definition) is 1. The van der Waals surface area contributed by atoms with Crippen LogP contribution in [0.2, 0.25) is 5.02 Å². The number of nitrogens with zero attached hydrogens (tertiary/aromatic N) is 3. The van der Waals surface area contributed by atoms with Crippen LogP contribution in [0.4, 0.5) is 0 Å². The van der Waals surface area contributed by atoms with E-state index in [1.165, 1.54) is 22.5 Å². The predicted octanol–water partition coefficient (Wildman–Crippen LogP) is 1.26. The molecule has 9 heteroatoms. The maximum absolute atomic E-state index is 12.7. The lowest BCUT2D eigenvalue weighted by Gasteiger charge is -2.32. The SMILES string of the molecule is CCN(CC)S(=O)(=O)c1cc(C(=O)NN2CCN(C)CC2)ccc1Cl. The van der Waals surface area contributed by atoms with Crippen LogP contribution < -0.4 is 5.43 Å². The number of sulfonamides is 1. The quantitative estimate of drug-likeness (QED) is 0.794. The average molecular weight is 389 g/mol. The Morgan fingerprint density at radius 2 is 1.80 bits per heavy atom. The molecular weight excluding hydrogens is 364 g/mol. The predicted molar refractivity (Wildman–Crippen MR) is 98.1 cm³/mol. The first-order valence-corrected chi connectivity index (χ1v) is 10.2. The van der Waals surface area contributed by atoms with Crippen molar-refractivity contribution in [3.63, 3.8) is 0 Å². The molecule has 0 radical (unpaired) electrons. The van der Waals surface area contributed by atoms with Gasteiger partial charge in [-0.15, -0.1) is 0 Å². The number of piperazine rings is 1. The van der Waals surface area contributed by atoms with Crippen LogP contribution >= 0.6 is 11.6 Å². The van der Waals surface area contributed by atoms with Gasteiger partial charge >= 0.3 is 0 Å². The second-order valence-electron chi connectivity index (χ2n) is 5.97. The van der Waals surface area contributed by atoms with Crippen molar-refractivity contribution in [3.8, 4) is 0 Å². The molecule has 1 N–H and O–H groups in total. The summed E-state index contributed by atoms with van der Waals surface area (Å²) in [6.07, 6.45) is 0. The molecule has 1 aliphatic rings. The minimum atomic E-state index is -3.73. The lowest BCUT2D eigenvalue weighted by atomic mass is 10.2. The highest BCUT2D eigenvalue weighted by molar-refractivity contribution is 7.89. The maximum atomic E-state index is 12.7. The smallest absolute Gasteiger partial charge is 0.265 e. The maximum Gasteiger partial charge on any atom is 0.265 e. The zero-order chi connectivity index (χ0) is 18.6. The molecule has 0 atom stereocenters. The highest BCUT2D eigenvalue weighted by atomic mass is 35.5. The normalized spacial score (nSPS) is 17.0. The van der Waals surface area contributed by atoms with E-state index in [9.17, 15) is 13.2 Å². The number of rotatable bonds is 6. The summed E-state index contributed by atoms with van der Waals surface area (Å²) in [7, 11) is -1.70. The van der Waals surface area contributed by atoms with Crippen LogP contribution in [0.25, 0.3) is 0 Å². The van der Waals surface area contributed by atoms with Crippen molar-refractivity contribution in [2.75, 3.05) is 46.3 Å². The Bertz CT molecular complexity index is 714. The van der Waals surface area contributed by atoms with E-state index in [1.54, 1.807) is 13.8 Å². The van der Waals surface area contributed by atoms with Gasteiger partial charge in [0.25, 0.3) is 5.91 Å². The molecule has 1 aromatic rings. The van der Waals surface area contributed by atoms with Gasteiger partial charge in [-0.3, -0.25) is 10.2 Å². The second-order valence-corrected chi connectivity index (χ2v) is 8.28. The van der Waals surface area contributed by atoms with Crippen LogP contribution in [-0.4, -0.2) is 74.9 Å². The van der Waals surface area contributed by atoms with Crippen molar-refractivity contribution >= 4 is 27.5 Å². The van der Waals surface area contributed by atoms with Gasteiger partial charge in [-0.2, -0.15) is 4.31 Å². The molecule has 0 bridgehead atoms. The molecule has 0 unspecified atom stereocenters. The Kier molecular flexibility index (Phi) is 6.81. The Morgan fingerprint density at radius 1 is 1.20 bits per heavy atom. The lowest BCUT2D eigenvalue weighted by Crippen LogP contribution is -2.52. The molecule has 0 aromatic heterocycles. The molecule has 140 valence electrons. The first-order chi connectivity index (χ1) is 11.8. The summed E-state index contributed by atoms with van der Waals surface area (Å²) < 4.78 is 26.7. The molecule has 1 aromatic carbocycles. The van der Waals surface area contributed by atoms with Crippen molar-refractivity contribution in [1.29, 1.82) is 0 Å². The Balaban J connectivity index is 2.22. The molecule has 1 fully saturated rings. The summed E-state index contributed by atoms with van der Waals surface area (Å²) in [6.45, 7) is 7.38. The largest absolute Gasteiger partial charge is 0.304 e. The summed E-state index contributed by atoms with van der Waals surface area (Å²) >= 11 is 6.10. The second kappa shape index (κ2) is 8.46. The van der Waals surface area contributed by atoms with E-state index in [2.05, 4.69) is 10.3 Å². The zero-order valence-electron chi connectivity index (χ0n) is 14.8. The highest BCUT2D eigenvalue weighted by Crippen LogP contribution is 2.26. The van der Waals surface area contributed by atoms with Gasteiger partial charge in [0.2, 0.25) is 10.0 Å². The number of hydrazine groups is 1. The lowest BCUT2D eigenvalue weighted by molar-refractivity contribution is 0.0662. The van der Waals surface area contributed by atoms with E-state index in [1.807, 2.05) is 12.1 Å². The van der Waals surface area contributed by atoms with Crippen LogP contribution in [0.5, 0.6) is 0 Å². The molecule has 1 heterocycles. The van der Waals surface area contributed by atoms with Gasteiger partial charge in [0.15, 0.2) is 0 Å². The minimum absolute atomic E-state index is 0.0381. The third kappa shape index (κ3) is 4.71. The van der Waals surface area contributed by atoms with Gasteiger partial charge in [0, 0.05) is 44.8 Å². The summed E-state index contributed by atoms with van der Waals surface area (Å²) in [5, 5.41) is 1.96. The fraction of sp³-hybridized carbons (Fsp3) is 0.562. The molecule has 1 aliphatic heterocycles. The molecule has 0 saturated carbocycles. The van der Waals surface area contributed by atoms with Gasteiger partial charge in [-0.25, -0.2) is 13.4 Å². The molecule has 1 saturated heterocycles. The van der Waals surface area contributed by atoms with Crippen molar-refractivity contribution in [2.45, 2.75) is 18.7 Å². The molecule has 2 rings (SSSR count). The number of likely N-dealkylation sites (N-methyl/N-ethyl adjacent to an activating group) is 1. The molecule has 1 amide bonds. The van der Waals surface area contributed by atoms with Crippen molar-refractivity contribution in [2.24, 2.45) is 0 Å². The first kappa shape index (κ1) is 20.1. The number of halogens is 1. The van der Waals surface area contributed by atoms with Crippen molar-refractivity contribution < 1.29 is 13.2 Å².